The van der Waals surface area contributed by atoms with Gasteiger partial charge in [0, 0.05) is 18.8 Å². The summed E-state index contributed by atoms with van der Waals surface area (Å²) in [6.45, 7) is 4.00. The molecule has 0 aromatic heterocycles. The average Bonchev–Trinajstić information content (AvgIpc) is 2.50. The van der Waals surface area contributed by atoms with Crippen LogP contribution in [-0.2, 0) is 9.59 Å². The Labute approximate surface area is 125 Å². The molecule has 1 aliphatic heterocycles. The zero-order valence-electron chi connectivity index (χ0n) is 12.5. The number of benzene rings is 1. The molecule has 0 saturated carbocycles. The van der Waals surface area contributed by atoms with Crippen LogP contribution in [0.4, 0.5) is 5.69 Å². The van der Waals surface area contributed by atoms with E-state index >= 15 is 0 Å². The van der Waals surface area contributed by atoms with E-state index in [2.05, 4.69) is 10.6 Å². The average molecular weight is 289 g/mol. The number of hydrogen-bond acceptors (Lipinski definition) is 3. The summed E-state index contributed by atoms with van der Waals surface area (Å²) >= 11 is 0. The molecule has 1 fully saturated rings. The van der Waals surface area contributed by atoms with Crippen LogP contribution in [0, 0.1) is 6.92 Å². The van der Waals surface area contributed by atoms with Gasteiger partial charge in [-0.15, -0.1) is 0 Å². The molecule has 0 unspecified atom stereocenters. The normalized spacial score (nSPS) is 14.8. The molecule has 1 aromatic carbocycles. The van der Waals surface area contributed by atoms with E-state index in [0.29, 0.717) is 0 Å². The van der Waals surface area contributed by atoms with Crippen molar-refractivity contribution in [2.45, 2.75) is 26.2 Å². The predicted octanol–water partition coefficient (Wildman–Crippen LogP) is 1.54. The van der Waals surface area contributed by atoms with Crippen LogP contribution in [0.25, 0.3) is 0 Å². The van der Waals surface area contributed by atoms with Gasteiger partial charge >= 0.3 is 0 Å². The van der Waals surface area contributed by atoms with E-state index in [4.69, 9.17) is 0 Å². The Morgan fingerprint density at radius 2 is 1.81 bits per heavy atom. The SMILES string of the molecule is Cc1ccccc1NC(=O)CNCC(=O)N1CCCCC1. The molecule has 1 aliphatic rings. The number of carbonyl (C=O) groups excluding carboxylic acids is 2. The highest BCUT2D eigenvalue weighted by Gasteiger charge is 2.16. The highest BCUT2D eigenvalue weighted by atomic mass is 16.2. The molecule has 1 saturated heterocycles. The van der Waals surface area contributed by atoms with Crippen LogP contribution in [0.1, 0.15) is 24.8 Å². The highest BCUT2D eigenvalue weighted by molar-refractivity contribution is 5.93. The maximum atomic E-state index is 11.9. The maximum absolute atomic E-state index is 11.9. The van der Waals surface area contributed by atoms with Gasteiger partial charge in [0.25, 0.3) is 0 Å². The molecule has 21 heavy (non-hydrogen) atoms. The summed E-state index contributed by atoms with van der Waals surface area (Å²) in [5.41, 5.74) is 1.84. The lowest BCUT2D eigenvalue weighted by Gasteiger charge is -2.26. The zero-order valence-corrected chi connectivity index (χ0v) is 12.5. The second-order valence-corrected chi connectivity index (χ2v) is 5.41. The molecular weight excluding hydrogens is 266 g/mol. The van der Waals surface area contributed by atoms with Gasteiger partial charge in [-0.05, 0) is 37.8 Å². The number of aryl methyl sites for hydroxylation is 1. The lowest BCUT2D eigenvalue weighted by atomic mass is 10.1. The summed E-state index contributed by atoms with van der Waals surface area (Å²) in [4.78, 5) is 25.6. The molecule has 0 spiro atoms. The fraction of sp³-hybridized carbons (Fsp3) is 0.500. The van der Waals surface area contributed by atoms with Crippen molar-refractivity contribution in [3.63, 3.8) is 0 Å². The van der Waals surface area contributed by atoms with Gasteiger partial charge in [-0.2, -0.15) is 0 Å². The Morgan fingerprint density at radius 3 is 2.52 bits per heavy atom. The van der Waals surface area contributed by atoms with Gasteiger partial charge in [-0.25, -0.2) is 0 Å². The van der Waals surface area contributed by atoms with E-state index < -0.39 is 0 Å². The van der Waals surface area contributed by atoms with Crippen LogP contribution in [0.15, 0.2) is 24.3 Å². The summed E-state index contributed by atoms with van der Waals surface area (Å²) in [6.07, 6.45) is 3.37. The number of rotatable bonds is 5. The number of amides is 2. The van der Waals surface area contributed by atoms with Gasteiger partial charge in [-0.3, -0.25) is 14.9 Å². The van der Waals surface area contributed by atoms with E-state index in [1.165, 1.54) is 6.42 Å². The molecule has 114 valence electrons. The van der Waals surface area contributed by atoms with Crippen molar-refractivity contribution in [1.29, 1.82) is 0 Å². The van der Waals surface area contributed by atoms with Gasteiger partial charge < -0.3 is 10.2 Å². The van der Waals surface area contributed by atoms with Crippen LogP contribution >= 0.6 is 0 Å². The minimum Gasteiger partial charge on any atom is -0.342 e. The van der Waals surface area contributed by atoms with Crippen molar-refractivity contribution < 1.29 is 9.59 Å². The second kappa shape index (κ2) is 7.78. The summed E-state index contributed by atoms with van der Waals surface area (Å²) in [5, 5.41) is 5.76. The van der Waals surface area contributed by atoms with E-state index in [9.17, 15) is 9.59 Å². The van der Waals surface area contributed by atoms with Crippen molar-refractivity contribution in [3.8, 4) is 0 Å². The third kappa shape index (κ3) is 4.86. The molecule has 2 rings (SSSR count). The minimum atomic E-state index is -0.129. The molecule has 2 N–H and O–H groups in total. The van der Waals surface area contributed by atoms with E-state index in [0.717, 1.165) is 37.2 Å². The van der Waals surface area contributed by atoms with Gasteiger partial charge in [0.2, 0.25) is 11.8 Å². The van der Waals surface area contributed by atoms with Gasteiger partial charge in [-0.1, -0.05) is 18.2 Å². The molecule has 0 atom stereocenters. The molecule has 0 aliphatic carbocycles. The number of anilines is 1. The monoisotopic (exact) mass is 289 g/mol. The van der Waals surface area contributed by atoms with Crippen LogP contribution in [0.5, 0.6) is 0 Å². The second-order valence-electron chi connectivity index (χ2n) is 5.41. The van der Waals surface area contributed by atoms with Crippen molar-refractivity contribution >= 4 is 17.5 Å². The van der Waals surface area contributed by atoms with E-state index in [1.807, 2.05) is 36.1 Å². The Hall–Kier alpha value is -1.88. The Bertz CT molecular complexity index is 496. The number of hydrogen-bond donors (Lipinski definition) is 2. The molecule has 1 aromatic rings. The summed E-state index contributed by atoms with van der Waals surface area (Å²) in [7, 11) is 0. The number of carbonyl (C=O) groups is 2. The fourth-order valence-corrected chi connectivity index (χ4v) is 2.45. The van der Waals surface area contributed by atoms with Crippen LogP contribution in [-0.4, -0.2) is 42.9 Å². The molecule has 1 heterocycles. The Balaban J connectivity index is 1.69. The van der Waals surface area contributed by atoms with E-state index in [-0.39, 0.29) is 24.9 Å². The molecule has 2 amide bonds. The van der Waals surface area contributed by atoms with Crippen molar-refractivity contribution in [1.82, 2.24) is 10.2 Å². The number of likely N-dealkylation sites (tertiary alicyclic amines) is 1. The summed E-state index contributed by atoms with van der Waals surface area (Å²) < 4.78 is 0. The summed E-state index contributed by atoms with van der Waals surface area (Å²) in [5.74, 6) is -0.0471. The molecule has 0 bridgehead atoms. The minimum absolute atomic E-state index is 0.0818. The largest absolute Gasteiger partial charge is 0.342 e. The molecule has 0 radical (unpaired) electrons. The van der Waals surface area contributed by atoms with Gasteiger partial charge in [0.05, 0.1) is 13.1 Å². The predicted molar refractivity (Wildman–Crippen MR) is 83.1 cm³/mol. The maximum Gasteiger partial charge on any atom is 0.238 e. The first-order chi connectivity index (χ1) is 10.2. The zero-order chi connectivity index (χ0) is 15.1. The van der Waals surface area contributed by atoms with Crippen LogP contribution < -0.4 is 10.6 Å². The van der Waals surface area contributed by atoms with Crippen molar-refractivity contribution in [3.05, 3.63) is 29.8 Å². The third-order valence-electron chi connectivity index (χ3n) is 3.69. The smallest absolute Gasteiger partial charge is 0.238 e. The lowest BCUT2D eigenvalue weighted by molar-refractivity contribution is -0.131. The lowest BCUT2D eigenvalue weighted by Crippen LogP contribution is -2.42. The molecular formula is C16H23N3O2. The van der Waals surface area contributed by atoms with Gasteiger partial charge in [0.15, 0.2) is 0 Å². The molecule has 5 nitrogen and oxygen atoms in total. The molecule has 5 heteroatoms. The van der Waals surface area contributed by atoms with Crippen LogP contribution in [0.3, 0.4) is 0 Å². The summed E-state index contributed by atoms with van der Waals surface area (Å²) in [6, 6.07) is 7.63. The van der Waals surface area contributed by atoms with Crippen molar-refractivity contribution in [2.75, 3.05) is 31.5 Å². The van der Waals surface area contributed by atoms with E-state index in [1.54, 1.807) is 0 Å². The first-order valence-electron chi connectivity index (χ1n) is 7.51. The topological polar surface area (TPSA) is 61.4 Å². The fourth-order valence-electron chi connectivity index (χ4n) is 2.45. The first-order valence-corrected chi connectivity index (χ1v) is 7.51. The number of para-hydroxylation sites is 1. The Morgan fingerprint density at radius 1 is 1.10 bits per heavy atom. The quantitative estimate of drug-likeness (QED) is 0.864. The number of nitrogens with one attached hydrogen (secondary N) is 2. The number of nitrogens with zero attached hydrogens (tertiary/aromatic N) is 1. The van der Waals surface area contributed by atoms with Crippen LogP contribution in [0.2, 0.25) is 0 Å². The number of piperidine rings is 1. The first kappa shape index (κ1) is 15.5. The van der Waals surface area contributed by atoms with Gasteiger partial charge in [0.1, 0.15) is 0 Å². The standard InChI is InChI=1S/C16H23N3O2/c1-13-7-3-4-8-14(13)18-15(20)11-17-12-16(21)19-9-5-2-6-10-19/h3-4,7-8,17H,2,5-6,9-12H2,1H3,(H,18,20). The Kier molecular flexibility index (Phi) is 5.75. The van der Waals surface area contributed by atoms with Crippen molar-refractivity contribution in [2.24, 2.45) is 0 Å². The highest BCUT2D eigenvalue weighted by Crippen LogP contribution is 2.12. The third-order valence-corrected chi connectivity index (χ3v) is 3.69.